The van der Waals surface area contributed by atoms with Crippen molar-refractivity contribution in [1.29, 1.82) is 5.41 Å². The molecule has 0 amide bonds. The summed E-state index contributed by atoms with van der Waals surface area (Å²) < 4.78 is 5.62. The molecule has 0 spiro atoms. The van der Waals surface area contributed by atoms with Crippen LogP contribution in [0.3, 0.4) is 0 Å². The number of nitrogens with one attached hydrogen (secondary N) is 1. The number of rotatable bonds is 6. The lowest BCUT2D eigenvalue weighted by atomic mass is 9.86. The molecule has 0 aromatic heterocycles. The summed E-state index contributed by atoms with van der Waals surface area (Å²) >= 11 is 0. The summed E-state index contributed by atoms with van der Waals surface area (Å²) in [5, 5.41) is 7.42. The summed E-state index contributed by atoms with van der Waals surface area (Å²) in [7, 11) is 0. The Morgan fingerprint density at radius 1 is 1.13 bits per heavy atom. The third kappa shape index (κ3) is 7.37. The van der Waals surface area contributed by atoms with E-state index in [1.54, 1.807) is 0 Å². The van der Waals surface area contributed by atoms with E-state index in [-0.39, 0.29) is 16.9 Å². The standard InChI is InChI=1S/C12H26N2O/c1-11(2,3)15-9-7-6-8-12(4,5)10(13)14/h6-9H2,1-5H3,(H3,13,14). The van der Waals surface area contributed by atoms with Gasteiger partial charge < -0.3 is 10.5 Å². The van der Waals surface area contributed by atoms with Crippen LogP contribution in [0.2, 0.25) is 0 Å². The predicted molar refractivity (Wildman–Crippen MR) is 65.3 cm³/mol. The van der Waals surface area contributed by atoms with Crippen molar-refractivity contribution in [3.8, 4) is 0 Å². The molecule has 0 aliphatic carbocycles. The van der Waals surface area contributed by atoms with Crippen molar-refractivity contribution in [3.05, 3.63) is 0 Å². The first-order valence-electron chi connectivity index (χ1n) is 5.64. The van der Waals surface area contributed by atoms with Gasteiger partial charge in [0.2, 0.25) is 0 Å². The van der Waals surface area contributed by atoms with Crippen molar-refractivity contribution in [2.24, 2.45) is 11.1 Å². The molecule has 90 valence electrons. The molecule has 0 aliphatic heterocycles. The highest BCUT2D eigenvalue weighted by atomic mass is 16.5. The number of hydrogen-bond acceptors (Lipinski definition) is 2. The normalized spacial score (nSPS) is 12.9. The Kier molecular flexibility index (Phi) is 5.29. The highest BCUT2D eigenvalue weighted by molar-refractivity contribution is 5.82. The van der Waals surface area contributed by atoms with E-state index in [2.05, 4.69) is 20.8 Å². The molecule has 0 heterocycles. The molecule has 0 fully saturated rings. The van der Waals surface area contributed by atoms with Gasteiger partial charge in [-0.15, -0.1) is 0 Å². The van der Waals surface area contributed by atoms with E-state index in [0.717, 1.165) is 25.9 Å². The molecule has 0 saturated heterocycles. The Balaban J connectivity index is 3.60. The molecule has 15 heavy (non-hydrogen) atoms. The molecule has 0 aromatic rings. The first kappa shape index (κ1) is 14.4. The third-order valence-electron chi connectivity index (χ3n) is 2.46. The molecule has 0 saturated carbocycles. The molecular formula is C12H26N2O. The maximum atomic E-state index is 7.42. The fraction of sp³-hybridized carbons (Fsp3) is 0.917. The minimum atomic E-state index is -0.165. The van der Waals surface area contributed by atoms with Crippen LogP contribution in [-0.2, 0) is 4.74 Å². The zero-order valence-electron chi connectivity index (χ0n) is 10.8. The van der Waals surface area contributed by atoms with Gasteiger partial charge in [0.05, 0.1) is 11.4 Å². The zero-order chi connectivity index (χ0) is 12.1. The fourth-order valence-corrected chi connectivity index (χ4v) is 1.18. The summed E-state index contributed by atoms with van der Waals surface area (Å²) in [5.41, 5.74) is 5.30. The van der Waals surface area contributed by atoms with Crippen molar-refractivity contribution < 1.29 is 4.74 Å². The van der Waals surface area contributed by atoms with E-state index in [0.29, 0.717) is 0 Å². The summed E-state index contributed by atoms with van der Waals surface area (Å²) in [4.78, 5) is 0. The van der Waals surface area contributed by atoms with E-state index >= 15 is 0 Å². The van der Waals surface area contributed by atoms with Crippen molar-refractivity contribution in [2.45, 2.75) is 59.5 Å². The number of unbranched alkanes of at least 4 members (excludes halogenated alkanes) is 1. The van der Waals surface area contributed by atoms with Crippen LogP contribution in [0.4, 0.5) is 0 Å². The monoisotopic (exact) mass is 214 g/mol. The number of hydrogen-bond donors (Lipinski definition) is 2. The highest BCUT2D eigenvalue weighted by Gasteiger charge is 2.20. The first-order chi connectivity index (χ1) is 6.65. The van der Waals surface area contributed by atoms with Gasteiger partial charge in [-0.05, 0) is 33.6 Å². The molecule has 3 heteroatoms. The second-order valence-corrected chi connectivity index (χ2v) is 5.72. The van der Waals surface area contributed by atoms with Crippen LogP contribution >= 0.6 is 0 Å². The van der Waals surface area contributed by atoms with Gasteiger partial charge in [-0.3, -0.25) is 5.41 Å². The van der Waals surface area contributed by atoms with Gasteiger partial charge in [0, 0.05) is 12.0 Å². The molecular weight excluding hydrogens is 188 g/mol. The van der Waals surface area contributed by atoms with Crippen LogP contribution in [0.25, 0.3) is 0 Å². The quantitative estimate of drug-likeness (QED) is 0.406. The van der Waals surface area contributed by atoms with E-state index in [4.69, 9.17) is 15.9 Å². The summed E-state index contributed by atoms with van der Waals surface area (Å²) in [6.45, 7) is 11.0. The predicted octanol–water partition coefficient (Wildman–Crippen LogP) is 2.93. The van der Waals surface area contributed by atoms with Crippen LogP contribution in [0.1, 0.15) is 53.9 Å². The topological polar surface area (TPSA) is 59.1 Å². The van der Waals surface area contributed by atoms with Crippen molar-refractivity contribution >= 4 is 5.84 Å². The Hall–Kier alpha value is -0.570. The number of nitrogens with two attached hydrogens (primary N) is 1. The Labute approximate surface area is 93.9 Å². The fourth-order valence-electron chi connectivity index (χ4n) is 1.18. The van der Waals surface area contributed by atoms with Gasteiger partial charge in [-0.2, -0.15) is 0 Å². The van der Waals surface area contributed by atoms with Gasteiger partial charge in [0.25, 0.3) is 0 Å². The van der Waals surface area contributed by atoms with Gasteiger partial charge >= 0.3 is 0 Å². The maximum absolute atomic E-state index is 7.42. The van der Waals surface area contributed by atoms with Crippen LogP contribution in [0.5, 0.6) is 0 Å². The summed E-state index contributed by atoms with van der Waals surface area (Å²) in [6, 6.07) is 0. The highest BCUT2D eigenvalue weighted by Crippen LogP contribution is 2.22. The molecule has 0 aliphatic rings. The van der Waals surface area contributed by atoms with E-state index < -0.39 is 0 Å². The van der Waals surface area contributed by atoms with Gasteiger partial charge in [0.15, 0.2) is 0 Å². The molecule has 0 atom stereocenters. The molecule has 3 N–H and O–H groups in total. The van der Waals surface area contributed by atoms with Gasteiger partial charge in [-0.1, -0.05) is 20.3 Å². The smallest absolute Gasteiger partial charge is 0.0963 e. The number of ether oxygens (including phenoxy) is 1. The van der Waals surface area contributed by atoms with Crippen molar-refractivity contribution in [2.75, 3.05) is 6.61 Å². The van der Waals surface area contributed by atoms with E-state index in [1.165, 1.54) is 0 Å². The number of amidine groups is 1. The molecule has 0 rings (SSSR count). The summed E-state index contributed by atoms with van der Waals surface area (Å²) in [5.74, 6) is 0.277. The third-order valence-corrected chi connectivity index (χ3v) is 2.46. The van der Waals surface area contributed by atoms with Crippen LogP contribution in [0.15, 0.2) is 0 Å². The minimum absolute atomic E-state index is 0.0455. The SMILES string of the molecule is CC(C)(C)OCCCCC(C)(C)C(=N)N. The average molecular weight is 214 g/mol. The second-order valence-electron chi connectivity index (χ2n) is 5.72. The van der Waals surface area contributed by atoms with Gasteiger partial charge in [-0.25, -0.2) is 0 Å². The van der Waals surface area contributed by atoms with Gasteiger partial charge in [0.1, 0.15) is 0 Å². The molecule has 0 radical (unpaired) electrons. The average Bonchev–Trinajstić information content (AvgIpc) is 2.00. The first-order valence-corrected chi connectivity index (χ1v) is 5.64. The molecule has 0 aromatic carbocycles. The second kappa shape index (κ2) is 5.50. The zero-order valence-corrected chi connectivity index (χ0v) is 10.8. The largest absolute Gasteiger partial charge is 0.387 e. The molecule has 3 nitrogen and oxygen atoms in total. The van der Waals surface area contributed by atoms with Crippen LogP contribution < -0.4 is 5.73 Å². The van der Waals surface area contributed by atoms with E-state index in [1.807, 2.05) is 13.8 Å². The lowest BCUT2D eigenvalue weighted by Gasteiger charge is -2.23. The molecule has 0 bridgehead atoms. The summed E-state index contributed by atoms with van der Waals surface area (Å²) in [6.07, 6.45) is 3.05. The lowest BCUT2D eigenvalue weighted by molar-refractivity contribution is -0.00512. The lowest BCUT2D eigenvalue weighted by Crippen LogP contribution is -2.30. The van der Waals surface area contributed by atoms with Crippen LogP contribution in [0, 0.1) is 10.8 Å². The Morgan fingerprint density at radius 2 is 1.67 bits per heavy atom. The Morgan fingerprint density at radius 3 is 2.07 bits per heavy atom. The van der Waals surface area contributed by atoms with Crippen molar-refractivity contribution in [3.63, 3.8) is 0 Å². The van der Waals surface area contributed by atoms with E-state index in [9.17, 15) is 0 Å². The van der Waals surface area contributed by atoms with Crippen molar-refractivity contribution in [1.82, 2.24) is 0 Å². The maximum Gasteiger partial charge on any atom is 0.0963 e. The molecule has 0 unspecified atom stereocenters. The minimum Gasteiger partial charge on any atom is -0.387 e. The Bertz CT molecular complexity index is 204. The van der Waals surface area contributed by atoms with Crippen LogP contribution in [-0.4, -0.2) is 18.0 Å².